The fraction of sp³-hybridized carbons (Fsp3) is 0.618. The quantitative estimate of drug-likeness (QED) is 0.366. The molecule has 254 valence electrons. The number of benzene rings is 1. The highest BCUT2D eigenvalue weighted by atomic mass is 19.4. The number of amides is 1. The molecule has 1 amide bonds. The number of hydrogen-bond acceptors (Lipinski definition) is 8. The molecule has 2 heterocycles. The molecule has 9 nitrogen and oxygen atoms in total. The lowest BCUT2D eigenvalue weighted by Crippen LogP contribution is -2.48. The number of Topliss-reactive ketones (excluding diaryl/α,β-unsaturated/α-hetero) is 2. The fourth-order valence-electron chi connectivity index (χ4n) is 6.23. The predicted molar refractivity (Wildman–Crippen MR) is 168 cm³/mol. The Morgan fingerprint density at radius 3 is 2.33 bits per heavy atom. The maximum Gasteiger partial charge on any atom is 0.416 e. The molecule has 4 rings (SSSR count). The van der Waals surface area contributed by atoms with Gasteiger partial charge in [0.25, 0.3) is 0 Å². The average Bonchev–Trinajstić information content (AvgIpc) is 3.01. The first-order valence-corrected chi connectivity index (χ1v) is 16.0. The highest BCUT2D eigenvalue weighted by Gasteiger charge is 2.35. The van der Waals surface area contributed by atoms with Crippen LogP contribution in [-0.4, -0.2) is 104 Å². The Morgan fingerprint density at radius 1 is 1.00 bits per heavy atom. The Morgan fingerprint density at radius 2 is 1.67 bits per heavy atom. The molecular formula is C34H46F3N3O6. The van der Waals surface area contributed by atoms with Crippen LogP contribution in [0.1, 0.15) is 51.2 Å². The van der Waals surface area contributed by atoms with Crippen LogP contribution in [0.3, 0.4) is 0 Å². The van der Waals surface area contributed by atoms with Crippen molar-refractivity contribution >= 4 is 29.4 Å². The number of aliphatic hydroxyl groups excluding tert-OH is 1. The molecule has 46 heavy (non-hydrogen) atoms. The van der Waals surface area contributed by atoms with E-state index in [1.54, 1.807) is 37.0 Å². The van der Waals surface area contributed by atoms with E-state index in [4.69, 9.17) is 9.47 Å². The zero-order chi connectivity index (χ0) is 33.6. The van der Waals surface area contributed by atoms with E-state index in [0.29, 0.717) is 57.1 Å². The number of morpholine rings is 1. The molecule has 1 aromatic carbocycles. The zero-order valence-electron chi connectivity index (χ0n) is 27.1. The number of hydrogen-bond donors (Lipinski definition) is 1. The molecule has 2 saturated heterocycles. The molecule has 1 N–H and O–H groups in total. The van der Waals surface area contributed by atoms with Crippen molar-refractivity contribution in [1.82, 2.24) is 9.80 Å². The predicted octanol–water partition coefficient (Wildman–Crippen LogP) is 4.83. The molecule has 2 aliphatic heterocycles. The zero-order valence-corrected chi connectivity index (χ0v) is 27.1. The van der Waals surface area contributed by atoms with E-state index in [-0.39, 0.29) is 24.3 Å². The van der Waals surface area contributed by atoms with Crippen molar-refractivity contribution in [2.24, 2.45) is 17.8 Å². The third-order valence-electron chi connectivity index (χ3n) is 9.15. The van der Waals surface area contributed by atoms with Crippen LogP contribution in [0.15, 0.2) is 35.9 Å². The molecule has 0 saturated carbocycles. The minimum atomic E-state index is -4.59. The summed E-state index contributed by atoms with van der Waals surface area (Å²) in [5.74, 6) is -3.19. The summed E-state index contributed by atoms with van der Waals surface area (Å²) in [6, 6.07) is 3.79. The second-order valence-corrected chi connectivity index (χ2v) is 12.9. The summed E-state index contributed by atoms with van der Waals surface area (Å²) < 4.78 is 53.1. The number of likely N-dealkylation sites (N-methyl/N-ethyl adjacent to an activating group) is 1. The van der Waals surface area contributed by atoms with E-state index in [2.05, 4.69) is 4.90 Å². The first-order chi connectivity index (χ1) is 21.7. The van der Waals surface area contributed by atoms with Gasteiger partial charge in [0.1, 0.15) is 6.10 Å². The monoisotopic (exact) mass is 649 g/mol. The summed E-state index contributed by atoms with van der Waals surface area (Å²) in [5, 5.41) is 10.6. The topological polar surface area (TPSA) is 99.6 Å². The van der Waals surface area contributed by atoms with Crippen molar-refractivity contribution in [3.8, 4) is 0 Å². The van der Waals surface area contributed by atoms with Gasteiger partial charge in [-0.05, 0) is 68.5 Å². The standard InChI is InChI=1S/C34H46F3N3O6/c1-22-5-7-28(41)21-29(42)32(43)31(23(2)6-8-30(22)46-33(44)40-11-9-38(4)10-12-40)24(3)17-25-18-26(34(35,36)37)20-27(19-25)39-13-15-45-16-14-39/h6,8,17-20,22-23,28,30-31,41H,5,7,9-16,21H2,1-4H3/b8-6+,24-17+/t22-,23-,28+,30-,31-/m0/s1. The largest absolute Gasteiger partial charge is 0.442 e. The van der Waals surface area contributed by atoms with Crippen LogP contribution in [0.2, 0.25) is 0 Å². The Kier molecular flexibility index (Phi) is 12.1. The highest BCUT2D eigenvalue weighted by molar-refractivity contribution is 6.38. The smallest absolute Gasteiger partial charge is 0.416 e. The number of anilines is 1. The summed E-state index contributed by atoms with van der Waals surface area (Å²) in [4.78, 5) is 45.4. The molecule has 0 radical (unpaired) electrons. The minimum absolute atomic E-state index is 0.182. The number of nitrogens with zero attached hydrogens (tertiary/aromatic N) is 3. The number of rotatable bonds is 4. The second-order valence-electron chi connectivity index (χ2n) is 12.9. The summed E-state index contributed by atoms with van der Waals surface area (Å²) in [5.41, 5.74) is 0.248. The maximum absolute atomic E-state index is 13.9. The molecule has 0 spiro atoms. The summed E-state index contributed by atoms with van der Waals surface area (Å²) in [6.45, 7) is 9.54. The Bertz CT molecular complexity index is 1300. The lowest BCUT2D eigenvalue weighted by Gasteiger charge is -2.33. The molecule has 0 bridgehead atoms. The van der Waals surface area contributed by atoms with E-state index in [9.17, 15) is 32.7 Å². The molecule has 12 heteroatoms. The van der Waals surface area contributed by atoms with Crippen LogP contribution in [0, 0.1) is 17.8 Å². The molecule has 3 aliphatic rings. The number of alkyl halides is 3. The van der Waals surface area contributed by atoms with E-state index in [1.807, 2.05) is 18.9 Å². The van der Waals surface area contributed by atoms with Gasteiger partial charge in [-0.1, -0.05) is 31.6 Å². The van der Waals surface area contributed by atoms with Gasteiger partial charge in [-0.2, -0.15) is 13.2 Å². The van der Waals surface area contributed by atoms with Gasteiger partial charge in [0.2, 0.25) is 11.6 Å². The van der Waals surface area contributed by atoms with Crippen molar-refractivity contribution in [3.63, 3.8) is 0 Å². The van der Waals surface area contributed by atoms with Gasteiger partial charge in [-0.25, -0.2) is 4.79 Å². The Balaban J connectivity index is 1.66. The van der Waals surface area contributed by atoms with Gasteiger partial charge in [-0.3, -0.25) is 9.59 Å². The second kappa shape index (κ2) is 15.6. The van der Waals surface area contributed by atoms with E-state index < -0.39 is 53.4 Å². The van der Waals surface area contributed by atoms with E-state index >= 15 is 0 Å². The van der Waals surface area contributed by atoms with Crippen LogP contribution in [0.25, 0.3) is 6.08 Å². The summed E-state index contributed by atoms with van der Waals surface area (Å²) in [7, 11) is 1.99. The van der Waals surface area contributed by atoms with Gasteiger partial charge in [-0.15, -0.1) is 0 Å². The van der Waals surface area contributed by atoms with Crippen LogP contribution < -0.4 is 4.90 Å². The molecule has 2 fully saturated rings. The van der Waals surface area contributed by atoms with Crippen LogP contribution in [0.5, 0.6) is 0 Å². The van der Waals surface area contributed by atoms with Crippen molar-refractivity contribution in [2.75, 3.05) is 64.4 Å². The van der Waals surface area contributed by atoms with Gasteiger partial charge in [0.15, 0.2) is 0 Å². The first-order valence-electron chi connectivity index (χ1n) is 16.0. The minimum Gasteiger partial charge on any atom is -0.442 e. The maximum atomic E-state index is 13.9. The lowest BCUT2D eigenvalue weighted by atomic mass is 9.79. The van der Waals surface area contributed by atoms with Crippen molar-refractivity contribution < 1.29 is 42.1 Å². The summed E-state index contributed by atoms with van der Waals surface area (Å²) in [6.07, 6.45) is -1.38. The summed E-state index contributed by atoms with van der Waals surface area (Å²) >= 11 is 0. The molecular weight excluding hydrogens is 603 g/mol. The Hall–Kier alpha value is -3.22. The number of aliphatic hydroxyl groups is 1. The van der Waals surface area contributed by atoms with Crippen molar-refractivity contribution in [2.45, 2.75) is 58.4 Å². The third-order valence-corrected chi connectivity index (χ3v) is 9.15. The molecule has 1 aliphatic carbocycles. The third kappa shape index (κ3) is 9.42. The molecule has 5 atom stereocenters. The van der Waals surface area contributed by atoms with Crippen LogP contribution in [-0.2, 0) is 25.2 Å². The van der Waals surface area contributed by atoms with Crippen LogP contribution in [0.4, 0.5) is 23.7 Å². The molecule has 0 unspecified atom stereocenters. The van der Waals surface area contributed by atoms with E-state index in [1.165, 1.54) is 6.08 Å². The number of piperazine rings is 1. The lowest BCUT2D eigenvalue weighted by molar-refractivity contribution is -0.140. The van der Waals surface area contributed by atoms with Gasteiger partial charge < -0.3 is 29.3 Å². The van der Waals surface area contributed by atoms with Gasteiger partial charge in [0, 0.05) is 51.4 Å². The first kappa shape index (κ1) is 35.6. The number of halogens is 3. The number of ether oxygens (including phenoxy) is 2. The number of allylic oxidation sites excluding steroid dienone is 2. The SMILES string of the molecule is C/C(=C\c1cc(N2CCOCC2)cc(C(F)(F)F)c1)[C@H]1C(=O)C(=O)C[C@H](O)CC[C@H](C)[C@@H](OC(=O)N2CCN(C)CC2)/C=C/[C@@H]1C. The molecule has 0 aromatic heterocycles. The van der Waals surface area contributed by atoms with E-state index in [0.717, 1.165) is 25.2 Å². The average molecular weight is 650 g/mol. The highest BCUT2D eigenvalue weighted by Crippen LogP contribution is 2.35. The normalized spacial score (nSPS) is 28.8. The number of ketones is 2. The van der Waals surface area contributed by atoms with Crippen LogP contribution >= 0.6 is 0 Å². The number of carbonyl (C=O) groups is 3. The van der Waals surface area contributed by atoms with Gasteiger partial charge in [0.05, 0.1) is 30.8 Å². The van der Waals surface area contributed by atoms with Crippen molar-refractivity contribution in [3.05, 3.63) is 47.1 Å². The fourth-order valence-corrected chi connectivity index (χ4v) is 6.23. The number of carbonyl (C=O) groups excluding carboxylic acids is 3. The van der Waals surface area contributed by atoms with Crippen molar-refractivity contribution in [1.29, 1.82) is 0 Å². The molecule has 1 aromatic rings. The Labute approximate surface area is 269 Å². The van der Waals surface area contributed by atoms with Gasteiger partial charge >= 0.3 is 12.3 Å².